The predicted molar refractivity (Wildman–Crippen MR) is 103 cm³/mol. The Balaban J connectivity index is 1.90. The Kier molecular flexibility index (Phi) is 7.55. The summed E-state index contributed by atoms with van der Waals surface area (Å²) < 4.78 is 5.03. The Labute approximate surface area is 159 Å². The summed E-state index contributed by atoms with van der Waals surface area (Å²) >= 11 is 2.79. The van der Waals surface area contributed by atoms with Gasteiger partial charge in [0.1, 0.15) is 0 Å². The molecular weight excluding hydrogens is 372 g/mol. The first-order valence-electron chi connectivity index (χ1n) is 7.60. The van der Waals surface area contributed by atoms with Crippen LogP contribution >= 0.6 is 23.5 Å². The molecule has 0 atom stereocenters. The average Bonchev–Trinajstić information content (AvgIpc) is 2.65. The first-order valence-corrected chi connectivity index (χ1v) is 9.82. The second-order valence-electron chi connectivity index (χ2n) is 5.10. The molecule has 0 aliphatic heterocycles. The first-order chi connectivity index (χ1) is 12.5. The van der Waals surface area contributed by atoms with Crippen molar-refractivity contribution in [3.05, 3.63) is 54.1 Å². The van der Waals surface area contributed by atoms with E-state index >= 15 is 0 Å². The van der Waals surface area contributed by atoms with Crippen molar-refractivity contribution in [3.63, 3.8) is 0 Å². The lowest BCUT2D eigenvalue weighted by Gasteiger charge is -2.10. The second-order valence-corrected chi connectivity index (χ2v) is 7.00. The number of anilines is 1. The van der Waals surface area contributed by atoms with Crippen LogP contribution in [0.5, 0.6) is 0 Å². The number of thioether (sulfide) groups is 2. The Morgan fingerprint density at radius 1 is 1.08 bits per heavy atom. The number of rotatable bonds is 8. The van der Waals surface area contributed by atoms with Gasteiger partial charge in [0.15, 0.2) is 6.61 Å². The molecule has 0 fully saturated rings. The molecule has 2 rings (SSSR count). The number of esters is 1. The molecular formula is C18H18N2O4S2. The standard InChI is InChI=1S/C18H18N2O4S2/c1-25-13-8-6-12(7-9-13)18(23)24-10-17(22)20-14-4-2-3-5-15(14)26-11-16(19)21/h2-9H,10-11H2,1H3,(H2,19,21)(H,20,22). The molecule has 0 saturated carbocycles. The molecule has 0 unspecified atom stereocenters. The molecule has 3 N–H and O–H groups in total. The van der Waals surface area contributed by atoms with Gasteiger partial charge in [-0.25, -0.2) is 4.79 Å². The minimum atomic E-state index is -0.566. The van der Waals surface area contributed by atoms with Crippen molar-refractivity contribution in [2.75, 3.05) is 23.9 Å². The third-order valence-corrected chi connectivity index (χ3v) is 5.03. The molecule has 0 bridgehead atoms. The van der Waals surface area contributed by atoms with Crippen molar-refractivity contribution in [2.45, 2.75) is 9.79 Å². The fourth-order valence-corrected chi connectivity index (χ4v) is 3.13. The highest BCUT2D eigenvalue weighted by Crippen LogP contribution is 2.26. The molecule has 0 aliphatic rings. The topological polar surface area (TPSA) is 98.5 Å². The van der Waals surface area contributed by atoms with Crippen LogP contribution in [0.3, 0.4) is 0 Å². The lowest BCUT2D eigenvalue weighted by atomic mass is 10.2. The number of benzene rings is 2. The Morgan fingerprint density at radius 3 is 2.42 bits per heavy atom. The molecule has 8 heteroatoms. The highest BCUT2D eigenvalue weighted by Gasteiger charge is 2.12. The van der Waals surface area contributed by atoms with Gasteiger partial charge in [0.25, 0.3) is 5.91 Å². The number of carbonyl (C=O) groups is 3. The lowest BCUT2D eigenvalue weighted by Crippen LogP contribution is -2.21. The van der Waals surface area contributed by atoms with Gasteiger partial charge in [-0.1, -0.05) is 12.1 Å². The Morgan fingerprint density at radius 2 is 1.77 bits per heavy atom. The third-order valence-electron chi connectivity index (χ3n) is 3.19. The van der Waals surface area contributed by atoms with Gasteiger partial charge < -0.3 is 15.8 Å². The molecule has 0 aromatic heterocycles. The third kappa shape index (κ3) is 6.12. The van der Waals surface area contributed by atoms with E-state index in [1.54, 1.807) is 48.2 Å². The van der Waals surface area contributed by atoms with Gasteiger partial charge in [0, 0.05) is 9.79 Å². The van der Waals surface area contributed by atoms with Crippen LogP contribution in [0.2, 0.25) is 0 Å². The maximum Gasteiger partial charge on any atom is 0.338 e. The van der Waals surface area contributed by atoms with Crippen LogP contribution in [-0.2, 0) is 14.3 Å². The van der Waals surface area contributed by atoms with Crippen molar-refractivity contribution < 1.29 is 19.1 Å². The van der Waals surface area contributed by atoms with E-state index in [2.05, 4.69) is 5.32 Å². The molecule has 2 aromatic rings. The van der Waals surface area contributed by atoms with Crippen molar-refractivity contribution >= 4 is 47.0 Å². The SMILES string of the molecule is CSc1ccc(C(=O)OCC(=O)Nc2ccccc2SCC(N)=O)cc1. The fraction of sp³-hybridized carbons (Fsp3) is 0.167. The zero-order valence-corrected chi connectivity index (χ0v) is 15.7. The van der Waals surface area contributed by atoms with Gasteiger partial charge in [-0.3, -0.25) is 9.59 Å². The van der Waals surface area contributed by atoms with E-state index in [1.807, 2.05) is 18.4 Å². The lowest BCUT2D eigenvalue weighted by molar-refractivity contribution is -0.119. The molecule has 6 nitrogen and oxygen atoms in total. The molecule has 0 heterocycles. The number of para-hydroxylation sites is 1. The van der Waals surface area contributed by atoms with Gasteiger partial charge in [0.2, 0.25) is 5.91 Å². The van der Waals surface area contributed by atoms with Crippen LogP contribution in [0.1, 0.15) is 10.4 Å². The highest BCUT2D eigenvalue weighted by molar-refractivity contribution is 8.00. The number of hydrogen-bond acceptors (Lipinski definition) is 6. The van der Waals surface area contributed by atoms with Crippen LogP contribution in [0.4, 0.5) is 5.69 Å². The number of nitrogens with two attached hydrogens (primary N) is 1. The van der Waals surface area contributed by atoms with Crippen LogP contribution in [-0.4, -0.2) is 36.4 Å². The molecule has 0 spiro atoms. The zero-order valence-electron chi connectivity index (χ0n) is 14.1. The van der Waals surface area contributed by atoms with Crippen molar-refractivity contribution in [1.82, 2.24) is 0 Å². The highest BCUT2D eigenvalue weighted by atomic mass is 32.2. The van der Waals surface area contributed by atoms with Gasteiger partial charge in [0.05, 0.1) is 17.0 Å². The van der Waals surface area contributed by atoms with Crippen molar-refractivity contribution in [3.8, 4) is 0 Å². The minimum absolute atomic E-state index is 0.105. The number of amides is 2. The molecule has 0 aliphatic carbocycles. The van der Waals surface area contributed by atoms with Gasteiger partial charge in [-0.05, 0) is 42.7 Å². The summed E-state index contributed by atoms with van der Waals surface area (Å²) in [5.74, 6) is -1.37. The molecule has 0 radical (unpaired) electrons. The summed E-state index contributed by atoms with van der Waals surface area (Å²) in [7, 11) is 0. The normalized spacial score (nSPS) is 10.2. The van der Waals surface area contributed by atoms with Crippen molar-refractivity contribution in [2.24, 2.45) is 5.73 Å². The Bertz CT molecular complexity index is 794. The summed E-state index contributed by atoms with van der Waals surface area (Å²) in [6.45, 7) is -0.405. The van der Waals surface area contributed by atoms with E-state index in [9.17, 15) is 14.4 Å². The van der Waals surface area contributed by atoms with Crippen molar-refractivity contribution in [1.29, 1.82) is 0 Å². The zero-order chi connectivity index (χ0) is 18.9. The number of nitrogens with one attached hydrogen (secondary N) is 1. The van der Waals surface area contributed by atoms with Crippen LogP contribution in [0.25, 0.3) is 0 Å². The predicted octanol–water partition coefficient (Wildman–Crippen LogP) is 2.78. The summed E-state index contributed by atoms with van der Waals surface area (Å²) in [5, 5.41) is 2.67. The quantitative estimate of drug-likeness (QED) is 0.531. The number of hydrogen-bond donors (Lipinski definition) is 2. The molecule has 2 amide bonds. The van der Waals surface area contributed by atoms with E-state index in [4.69, 9.17) is 10.5 Å². The van der Waals surface area contributed by atoms with E-state index in [-0.39, 0.29) is 5.75 Å². The van der Waals surface area contributed by atoms with E-state index in [0.29, 0.717) is 16.1 Å². The monoisotopic (exact) mass is 390 g/mol. The van der Waals surface area contributed by atoms with Gasteiger partial charge in [-0.15, -0.1) is 23.5 Å². The average molecular weight is 390 g/mol. The maximum atomic E-state index is 12.0. The van der Waals surface area contributed by atoms with Crippen LogP contribution in [0, 0.1) is 0 Å². The fourth-order valence-electron chi connectivity index (χ4n) is 1.97. The molecule has 0 saturated heterocycles. The minimum Gasteiger partial charge on any atom is -0.452 e. The number of carbonyl (C=O) groups excluding carboxylic acids is 3. The molecule has 136 valence electrons. The first kappa shape index (κ1) is 19.9. The summed E-state index contributed by atoms with van der Waals surface area (Å²) in [5.41, 5.74) is 6.05. The van der Waals surface area contributed by atoms with E-state index in [0.717, 1.165) is 4.90 Å². The summed E-state index contributed by atoms with van der Waals surface area (Å²) in [4.78, 5) is 36.7. The molecule has 26 heavy (non-hydrogen) atoms. The Hall–Kier alpha value is -2.45. The van der Waals surface area contributed by atoms with Crippen LogP contribution in [0.15, 0.2) is 58.3 Å². The second kappa shape index (κ2) is 9.88. The smallest absolute Gasteiger partial charge is 0.338 e. The molecule has 2 aromatic carbocycles. The van der Waals surface area contributed by atoms with Crippen LogP contribution < -0.4 is 11.1 Å². The summed E-state index contributed by atoms with van der Waals surface area (Å²) in [6, 6.07) is 13.9. The van der Waals surface area contributed by atoms with Gasteiger partial charge in [-0.2, -0.15) is 0 Å². The number of primary amides is 1. The maximum absolute atomic E-state index is 12.0. The largest absolute Gasteiger partial charge is 0.452 e. The number of ether oxygens (including phenoxy) is 1. The van der Waals surface area contributed by atoms with E-state index < -0.39 is 24.4 Å². The van der Waals surface area contributed by atoms with Gasteiger partial charge >= 0.3 is 5.97 Å². The van der Waals surface area contributed by atoms with E-state index in [1.165, 1.54) is 11.8 Å². The summed E-state index contributed by atoms with van der Waals surface area (Å²) in [6.07, 6.45) is 1.94.